The van der Waals surface area contributed by atoms with Gasteiger partial charge in [0.2, 0.25) is 5.82 Å². The Morgan fingerprint density at radius 1 is 1.12 bits per heavy atom. The summed E-state index contributed by atoms with van der Waals surface area (Å²) in [5.41, 5.74) is 1.15. The first-order valence-electron chi connectivity index (χ1n) is 7.25. The Bertz CT molecular complexity index is 859. The average Bonchev–Trinajstić information content (AvgIpc) is 3.00. The number of hydrogen-bond donors (Lipinski definition) is 0. The van der Waals surface area contributed by atoms with E-state index in [2.05, 4.69) is 28.8 Å². The molecule has 126 valence electrons. The summed E-state index contributed by atoms with van der Waals surface area (Å²) in [7, 11) is 0. The number of thiazole rings is 1. The van der Waals surface area contributed by atoms with E-state index in [0.29, 0.717) is 27.6 Å². The maximum Gasteiger partial charge on any atom is 0.451 e. The maximum atomic E-state index is 13.0. The van der Waals surface area contributed by atoms with Crippen molar-refractivity contribution in [3.63, 3.8) is 0 Å². The molecule has 1 aromatic carbocycles. The molecular formula is C16H14F3N3S2. The predicted molar refractivity (Wildman–Crippen MR) is 90.3 cm³/mol. The minimum absolute atomic E-state index is 0.295. The highest BCUT2D eigenvalue weighted by molar-refractivity contribution is 7.98. The van der Waals surface area contributed by atoms with Gasteiger partial charge in [0.05, 0.1) is 16.2 Å². The van der Waals surface area contributed by atoms with Gasteiger partial charge in [0.1, 0.15) is 5.03 Å². The Hall–Kier alpha value is -1.67. The highest BCUT2D eigenvalue weighted by Crippen LogP contribution is 2.33. The molecule has 0 radical (unpaired) electrons. The van der Waals surface area contributed by atoms with Gasteiger partial charge in [0.15, 0.2) is 0 Å². The molecule has 0 aliphatic carbocycles. The van der Waals surface area contributed by atoms with Crippen LogP contribution in [0, 0.1) is 0 Å². The standard InChI is InChI=1S/C16H14F3N3S2/c1-9(2)13-20-10(7-23-13)8-24-14-11-5-3-4-6-12(11)21-15(22-14)16(17,18)19/h3-7,9H,8H2,1-2H3. The first kappa shape index (κ1) is 17.2. The Balaban J connectivity index is 1.92. The molecule has 0 unspecified atom stereocenters. The molecule has 0 fully saturated rings. The Morgan fingerprint density at radius 3 is 2.54 bits per heavy atom. The molecule has 3 aromatic rings. The number of rotatable bonds is 4. The van der Waals surface area contributed by atoms with Gasteiger partial charge in [-0.15, -0.1) is 11.3 Å². The zero-order valence-electron chi connectivity index (χ0n) is 13.0. The molecule has 0 saturated heterocycles. The molecule has 24 heavy (non-hydrogen) atoms. The molecule has 0 aliphatic heterocycles. The number of para-hydroxylation sites is 1. The van der Waals surface area contributed by atoms with Crippen LogP contribution >= 0.6 is 23.1 Å². The lowest BCUT2D eigenvalue weighted by molar-refractivity contribution is -0.145. The highest BCUT2D eigenvalue weighted by Gasteiger charge is 2.35. The third-order valence-corrected chi connectivity index (χ3v) is 5.46. The summed E-state index contributed by atoms with van der Waals surface area (Å²) in [5.74, 6) is -0.294. The number of benzene rings is 1. The van der Waals surface area contributed by atoms with Crippen molar-refractivity contribution in [3.8, 4) is 0 Å². The molecule has 8 heteroatoms. The quantitative estimate of drug-likeness (QED) is 0.448. The number of alkyl halides is 3. The monoisotopic (exact) mass is 369 g/mol. The number of aromatic nitrogens is 3. The lowest BCUT2D eigenvalue weighted by Gasteiger charge is -2.09. The molecule has 0 aliphatic rings. The van der Waals surface area contributed by atoms with Gasteiger partial charge in [-0.3, -0.25) is 0 Å². The van der Waals surface area contributed by atoms with Crippen LogP contribution in [0.2, 0.25) is 0 Å². The summed E-state index contributed by atoms with van der Waals surface area (Å²) >= 11 is 2.82. The van der Waals surface area contributed by atoms with Crippen molar-refractivity contribution in [1.29, 1.82) is 0 Å². The summed E-state index contributed by atoms with van der Waals surface area (Å²) in [6, 6.07) is 6.73. The van der Waals surface area contributed by atoms with Gasteiger partial charge in [-0.05, 0) is 6.07 Å². The molecular weight excluding hydrogens is 355 g/mol. The molecule has 0 bridgehead atoms. The number of thioether (sulfide) groups is 1. The highest BCUT2D eigenvalue weighted by atomic mass is 32.2. The van der Waals surface area contributed by atoms with Crippen LogP contribution in [0.3, 0.4) is 0 Å². The van der Waals surface area contributed by atoms with Crippen molar-refractivity contribution in [3.05, 3.63) is 46.2 Å². The van der Waals surface area contributed by atoms with Gasteiger partial charge in [-0.1, -0.05) is 43.8 Å². The largest absolute Gasteiger partial charge is 0.451 e. The molecule has 2 heterocycles. The Labute approximate surface area is 145 Å². The fourth-order valence-electron chi connectivity index (χ4n) is 2.08. The lowest BCUT2D eigenvalue weighted by atomic mass is 10.2. The van der Waals surface area contributed by atoms with Gasteiger partial charge in [0.25, 0.3) is 0 Å². The molecule has 3 rings (SSSR count). The Morgan fingerprint density at radius 2 is 1.88 bits per heavy atom. The van der Waals surface area contributed by atoms with Crippen molar-refractivity contribution in [2.24, 2.45) is 0 Å². The molecule has 0 amide bonds. The van der Waals surface area contributed by atoms with Crippen molar-refractivity contribution >= 4 is 34.0 Å². The second-order valence-electron chi connectivity index (χ2n) is 5.49. The van der Waals surface area contributed by atoms with Crippen molar-refractivity contribution < 1.29 is 13.2 Å². The van der Waals surface area contributed by atoms with Crippen LogP contribution in [0.1, 0.15) is 36.3 Å². The Kier molecular flexibility index (Phi) is 4.78. The molecule has 0 N–H and O–H groups in total. The second kappa shape index (κ2) is 6.68. The summed E-state index contributed by atoms with van der Waals surface area (Å²) in [6.45, 7) is 4.12. The van der Waals surface area contributed by atoms with E-state index in [0.717, 1.165) is 10.7 Å². The van der Waals surface area contributed by atoms with Gasteiger partial charge in [0, 0.05) is 22.4 Å². The normalized spacial score (nSPS) is 12.2. The van der Waals surface area contributed by atoms with Crippen molar-refractivity contribution in [1.82, 2.24) is 15.0 Å². The first-order valence-corrected chi connectivity index (χ1v) is 9.12. The van der Waals surface area contributed by atoms with Crippen LogP contribution in [-0.2, 0) is 11.9 Å². The van der Waals surface area contributed by atoms with Crippen LogP contribution in [0.4, 0.5) is 13.2 Å². The summed E-state index contributed by atoms with van der Waals surface area (Å²) in [5, 5.41) is 3.91. The van der Waals surface area contributed by atoms with E-state index >= 15 is 0 Å². The number of fused-ring (bicyclic) bond motifs is 1. The first-order chi connectivity index (χ1) is 11.3. The number of hydrogen-bond acceptors (Lipinski definition) is 5. The summed E-state index contributed by atoms with van der Waals surface area (Å²) < 4.78 is 39.0. The van der Waals surface area contributed by atoms with E-state index in [-0.39, 0.29) is 0 Å². The predicted octanol–water partition coefficient (Wildman–Crippen LogP) is 5.52. The zero-order valence-corrected chi connectivity index (χ0v) is 14.6. The number of halogens is 3. The summed E-state index contributed by atoms with van der Waals surface area (Å²) in [6.07, 6.45) is -4.56. The maximum absolute atomic E-state index is 13.0. The van der Waals surface area contributed by atoms with E-state index in [1.807, 2.05) is 5.38 Å². The van der Waals surface area contributed by atoms with Crippen LogP contribution in [0.25, 0.3) is 10.9 Å². The molecule has 2 aromatic heterocycles. The fourth-order valence-corrected chi connectivity index (χ4v) is 3.93. The summed E-state index contributed by atoms with van der Waals surface area (Å²) in [4.78, 5) is 11.9. The lowest BCUT2D eigenvalue weighted by Crippen LogP contribution is -2.11. The van der Waals surface area contributed by atoms with Gasteiger partial charge in [-0.25, -0.2) is 15.0 Å². The molecule has 0 atom stereocenters. The van der Waals surface area contributed by atoms with E-state index in [4.69, 9.17) is 0 Å². The van der Waals surface area contributed by atoms with Gasteiger partial charge >= 0.3 is 6.18 Å². The fraction of sp³-hybridized carbons (Fsp3) is 0.312. The minimum Gasteiger partial charge on any atom is -0.245 e. The van der Waals surface area contributed by atoms with Crippen molar-refractivity contribution in [2.45, 2.75) is 36.7 Å². The third kappa shape index (κ3) is 3.70. The van der Waals surface area contributed by atoms with E-state index in [1.165, 1.54) is 11.8 Å². The smallest absolute Gasteiger partial charge is 0.245 e. The van der Waals surface area contributed by atoms with Gasteiger partial charge in [-0.2, -0.15) is 13.2 Å². The molecule has 0 spiro atoms. The minimum atomic E-state index is -4.56. The third-order valence-electron chi connectivity index (χ3n) is 3.24. The second-order valence-corrected chi connectivity index (χ2v) is 7.34. The average molecular weight is 369 g/mol. The topological polar surface area (TPSA) is 38.7 Å². The van der Waals surface area contributed by atoms with Crippen LogP contribution in [0.5, 0.6) is 0 Å². The van der Waals surface area contributed by atoms with Crippen molar-refractivity contribution in [2.75, 3.05) is 0 Å². The molecule has 3 nitrogen and oxygen atoms in total. The van der Waals surface area contributed by atoms with Crippen LogP contribution < -0.4 is 0 Å². The van der Waals surface area contributed by atoms with E-state index < -0.39 is 12.0 Å². The molecule has 0 saturated carbocycles. The van der Waals surface area contributed by atoms with Crippen LogP contribution in [0.15, 0.2) is 34.7 Å². The van der Waals surface area contributed by atoms with E-state index in [9.17, 15) is 13.2 Å². The number of nitrogens with zero attached hydrogens (tertiary/aromatic N) is 3. The van der Waals surface area contributed by atoms with E-state index in [1.54, 1.807) is 35.6 Å². The zero-order chi connectivity index (χ0) is 17.3. The van der Waals surface area contributed by atoms with Gasteiger partial charge < -0.3 is 0 Å². The van der Waals surface area contributed by atoms with Crippen LogP contribution in [-0.4, -0.2) is 15.0 Å². The SMILES string of the molecule is CC(C)c1nc(CSc2nc(C(F)(F)F)nc3ccccc23)cs1.